The normalized spacial score (nSPS) is 45.0. The molecule has 68 valence electrons. The number of carbonyl (C=O) groups is 1. The van der Waals surface area contributed by atoms with E-state index in [1.807, 2.05) is 0 Å². The van der Waals surface area contributed by atoms with Crippen molar-refractivity contribution in [3.05, 3.63) is 0 Å². The summed E-state index contributed by atoms with van der Waals surface area (Å²) in [5.41, 5.74) is 0. The van der Waals surface area contributed by atoms with Crippen molar-refractivity contribution in [1.29, 1.82) is 0 Å². The summed E-state index contributed by atoms with van der Waals surface area (Å²) in [5, 5.41) is 17.9. The van der Waals surface area contributed by atoms with Crippen LogP contribution < -0.4 is 0 Å². The molecule has 12 heavy (non-hydrogen) atoms. The van der Waals surface area contributed by atoms with Gasteiger partial charge in [-0.05, 0) is 5.92 Å². The Kier molecular flexibility index (Phi) is 1.81. The molecule has 4 atom stereocenters. The maximum absolute atomic E-state index is 11.1. The first kappa shape index (κ1) is 8.01. The minimum atomic E-state index is -0.205. The molecule has 2 rings (SSSR count). The van der Waals surface area contributed by atoms with Crippen LogP contribution in [-0.2, 0) is 9.53 Å². The maximum Gasteiger partial charge on any atom is 0.309 e. The number of fused-ring (bicyclic) bond motifs is 1. The number of hydrogen-bond donors (Lipinski definition) is 2. The summed E-state index contributed by atoms with van der Waals surface area (Å²) in [6.45, 7) is 0.440. The Morgan fingerprint density at radius 2 is 2.00 bits per heavy atom. The Morgan fingerprint density at radius 1 is 1.33 bits per heavy atom. The summed E-state index contributed by atoms with van der Waals surface area (Å²) in [7, 11) is 0. The van der Waals surface area contributed by atoms with Gasteiger partial charge in [0.1, 0.15) is 0 Å². The van der Waals surface area contributed by atoms with Crippen LogP contribution in [0.3, 0.4) is 0 Å². The summed E-state index contributed by atoms with van der Waals surface area (Å²) in [5.74, 6) is -0.211. The first-order chi connectivity index (χ1) is 5.79. The third-order valence-corrected chi connectivity index (χ3v) is 3.13. The van der Waals surface area contributed by atoms with Crippen LogP contribution >= 0.6 is 0 Å². The lowest BCUT2D eigenvalue weighted by Gasteiger charge is -2.43. The number of cyclic esters (lactones) is 1. The lowest BCUT2D eigenvalue weighted by atomic mass is 9.58. The molecule has 0 unspecified atom stereocenters. The van der Waals surface area contributed by atoms with Crippen LogP contribution in [0.5, 0.6) is 0 Å². The number of carbonyl (C=O) groups excluding carboxylic acids is 1. The molecule has 4 heteroatoms. The van der Waals surface area contributed by atoms with E-state index in [9.17, 15) is 4.79 Å². The molecule has 1 aliphatic heterocycles. The number of aliphatic hydroxyl groups is 2. The van der Waals surface area contributed by atoms with Gasteiger partial charge < -0.3 is 14.9 Å². The van der Waals surface area contributed by atoms with Gasteiger partial charge in [0.15, 0.2) is 0 Å². The molecular formula is C8H12O4. The van der Waals surface area contributed by atoms with Gasteiger partial charge in [0, 0.05) is 25.0 Å². The minimum absolute atomic E-state index is 0.0263. The molecule has 2 fully saturated rings. The van der Waals surface area contributed by atoms with Gasteiger partial charge in [-0.15, -0.1) is 0 Å². The lowest BCUT2D eigenvalue weighted by Crippen LogP contribution is -2.50. The highest BCUT2D eigenvalue weighted by molar-refractivity contribution is 5.76. The van der Waals surface area contributed by atoms with Crippen molar-refractivity contribution in [3.63, 3.8) is 0 Å². The summed E-state index contributed by atoms with van der Waals surface area (Å²) >= 11 is 0. The second kappa shape index (κ2) is 2.71. The van der Waals surface area contributed by atoms with E-state index < -0.39 is 0 Å². The molecule has 4 nitrogen and oxygen atoms in total. The van der Waals surface area contributed by atoms with Gasteiger partial charge in [-0.2, -0.15) is 0 Å². The van der Waals surface area contributed by atoms with Crippen LogP contribution in [0.25, 0.3) is 0 Å². The Balaban J connectivity index is 2.09. The highest BCUT2D eigenvalue weighted by atomic mass is 16.5. The van der Waals surface area contributed by atoms with Crippen LogP contribution in [0.1, 0.15) is 0 Å². The number of aliphatic hydroxyl groups excluding tert-OH is 2. The zero-order chi connectivity index (χ0) is 8.72. The smallest absolute Gasteiger partial charge is 0.309 e. The highest BCUT2D eigenvalue weighted by Crippen LogP contribution is 2.49. The molecular weight excluding hydrogens is 160 g/mol. The van der Waals surface area contributed by atoms with E-state index in [1.54, 1.807) is 0 Å². The van der Waals surface area contributed by atoms with Crippen molar-refractivity contribution in [1.82, 2.24) is 0 Å². The van der Waals surface area contributed by atoms with E-state index in [0.29, 0.717) is 6.61 Å². The largest absolute Gasteiger partial charge is 0.465 e. The average Bonchev–Trinajstić information content (AvgIpc) is 2.31. The van der Waals surface area contributed by atoms with Gasteiger partial charge >= 0.3 is 5.97 Å². The Labute approximate surface area is 70.1 Å². The van der Waals surface area contributed by atoms with Crippen molar-refractivity contribution < 1.29 is 19.7 Å². The SMILES string of the molecule is O=C1OC[C@H]2[C@@H](CO)[C@H](CO)[C@@H]12. The quantitative estimate of drug-likeness (QED) is 0.525. The van der Waals surface area contributed by atoms with E-state index in [2.05, 4.69) is 0 Å². The molecule has 0 amide bonds. The standard InChI is InChI=1S/C8H12O4/c9-1-4-5(2-10)7-6(4)3-12-8(7)11/h4-7,9-10H,1-3H2/t4-,5-,6-,7+/m0/s1. The molecule has 0 aromatic heterocycles. The molecule has 0 spiro atoms. The molecule has 2 N–H and O–H groups in total. The van der Waals surface area contributed by atoms with Crippen LogP contribution in [0.15, 0.2) is 0 Å². The maximum atomic E-state index is 11.1. The second-order valence-corrected chi connectivity index (χ2v) is 3.51. The minimum Gasteiger partial charge on any atom is -0.465 e. The number of esters is 1. The van der Waals surface area contributed by atoms with Crippen molar-refractivity contribution >= 4 is 5.97 Å². The predicted octanol–water partition coefficient (Wildman–Crippen LogP) is -0.994. The van der Waals surface area contributed by atoms with Gasteiger partial charge in [0.25, 0.3) is 0 Å². The first-order valence-corrected chi connectivity index (χ1v) is 4.18. The average molecular weight is 172 g/mol. The van der Waals surface area contributed by atoms with Crippen LogP contribution in [0.4, 0.5) is 0 Å². The fourth-order valence-corrected chi connectivity index (χ4v) is 2.39. The van der Waals surface area contributed by atoms with Crippen LogP contribution in [0.2, 0.25) is 0 Å². The van der Waals surface area contributed by atoms with E-state index in [0.717, 1.165) is 0 Å². The second-order valence-electron chi connectivity index (χ2n) is 3.51. The van der Waals surface area contributed by atoms with Crippen molar-refractivity contribution in [2.75, 3.05) is 19.8 Å². The molecule has 0 bridgehead atoms. The summed E-state index contributed by atoms with van der Waals surface area (Å²) < 4.78 is 4.84. The van der Waals surface area contributed by atoms with Gasteiger partial charge in [0.05, 0.1) is 12.5 Å². The van der Waals surface area contributed by atoms with Crippen molar-refractivity contribution in [2.24, 2.45) is 23.7 Å². The summed E-state index contributed by atoms with van der Waals surface area (Å²) in [6, 6.07) is 0. The predicted molar refractivity (Wildman–Crippen MR) is 39.1 cm³/mol. The fraction of sp³-hybridized carbons (Fsp3) is 0.875. The number of ether oxygens (including phenoxy) is 1. The Morgan fingerprint density at radius 3 is 2.58 bits per heavy atom. The topological polar surface area (TPSA) is 66.8 Å². The van der Waals surface area contributed by atoms with Gasteiger partial charge in [-0.3, -0.25) is 4.79 Å². The molecule has 1 saturated carbocycles. The molecule has 0 radical (unpaired) electrons. The lowest BCUT2D eigenvalue weighted by molar-refractivity contribution is -0.148. The van der Waals surface area contributed by atoms with Crippen LogP contribution in [0, 0.1) is 23.7 Å². The molecule has 1 saturated heterocycles. The summed E-state index contributed by atoms with van der Waals surface area (Å²) in [6.07, 6.45) is 0. The third-order valence-electron chi connectivity index (χ3n) is 3.13. The molecule has 0 aromatic rings. The Hall–Kier alpha value is -0.610. The number of hydrogen-bond acceptors (Lipinski definition) is 4. The summed E-state index contributed by atoms with van der Waals surface area (Å²) in [4.78, 5) is 11.1. The first-order valence-electron chi connectivity index (χ1n) is 4.18. The fourth-order valence-electron chi connectivity index (χ4n) is 2.39. The molecule has 1 heterocycles. The van der Waals surface area contributed by atoms with E-state index >= 15 is 0 Å². The third kappa shape index (κ3) is 0.820. The van der Waals surface area contributed by atoms with Crippen LogP contribution in [-0.4, -0.2) is 36.0 Å². The number of rotatable bonds is 2. The van der Waals surface area contributed by atoms with Crippen molar-refractivity contribution in [3.8, 4) is 0 Å². The molecule has 1 aliphatic carbocycles. The van der Waals surface area contributed by atoms with Gasteiger partial charge in [-0.25, -0.2) is 0 Å². The zero-order valence-corrected chi connectivity index (χ0v) is 6.64. The van der Waals surface area contributed by atoms with Gasteiger partial charge in [0.2, 0.25) is 0 Å². The van der Waals surface area contributed by atoms with Crippen molar-refractivity contribution in [2.45, 2.75) is 0 Å². The molecule has 0 aromatic carbocycles. The highest BCUT2D eigenvalue weighted by Gasteiger charge is 2.57. The van der Waals surface area contributed by atoms with Gasteiger partial charge in [-0.1, -0.05) is 0 Å². The zero-order valence-electron chi connectivity index (χ0n) is 6.64. The van der Waals surface area contributed by atoms with E-state index in [4.69, 9.17) is 14.9 Å². The molecule has 2 aliphatic rings. The monoisotopic (exact) mass is 172 g/mol. The van der Waals surface area contributed by atoms with E-state index in [-0.39, 0.29) is 42.9 Å². The van der Waals surface area contributed by atoms with E-state index in [1.165, 1.54) is 0 Å². The Bertz CT molecular complexity index is 203.